The predicted octanol–water partition coefficient (Wildman–Crippen LogP) is 0.668. The minimum absolute atomic E-state index is 0.0456. The van der Waals surface area contributed by atoms with Gasteiger partial charge in [-0.1, -0.05) is 6.92 Å². The fraction of sp³-hybridized carbons (Fsp3) is 1.00. The number of methoxy groups -OCH3 is 1. The van der Waals surface area contributed by atoms with E-state index in [2.05, 4.69) is 6.92 Å². The van der Waals surface area contributed by atoms with Crippen molar-refractivity contribution in [1.29, 1.82) is 0 Å². The highest BCUT2D eigenvalue weighted by Gasteiger charge is 2.39. The molecule has 12 heavy (non-hydrogen) atoms. The first-order chi connectivity index (χ1) is 5.75. The van der Waals surface area contributed by atoms with Crippen molar-refractivity contribution >= 4 is 0 Å². The van der Waals surface area contributed by atoms with Gasteiger partial charge in [0.2, 0.25) is 0 Å². The van der Waals surface area contributed by atoms with E-state index in [1.165, 1.54) is 0 Å². The zero-order valence-electron chi connectivity index (χ0n) is 7.88. The van der Waals surface area contributed by atoms with Crippen molar-refractivity contribution in [1.82, 2.24) is 0 Å². The second-order valence-electron chi connectivity index (χ2n) is 3.68. The van der Waals surface area contributed by atoms with Gasteiger partial charge < -0.3 is 14.6 Å². The summed E-state index contributed by atoms with van der Waals surface area (Å²) in [6.45, 7) is 4.46. The molecule has 0 spiro atoms. The minimum Gasteiger partial charge on any atom is -0.396 e. The SMILES string of the molecule is COCC(C)C1(CO)CCOC1. The Hall–Kier alpha value is -0.120. The second kappa shape index (κ2) is 4.21. The van der Waals surface area contributed by atoms with E-state index < -0.39 is 0 Å². The molecule has 0 amide bonds. The summed E-state index contributed by atoms with van der Waals surface area (Å²) in [5.74, 6) is 0.370. The van der Waals surface area contributed by atoms with E-state index in [9.17, 15) is 5.11 Å². The highest BCUT2D eigenvalue weighted by molar-refractivity contribution is 4.87. The van der Waals surface area contributed by atoms with Gasteiger partial charge in [0.05, 0.1) is 13.2 Å². The van der Waals surface area contributed by atoms with Crippen molar-refractivity contribution in [2.45, 2.75) is 13.3 Å². The van der Waals surface area contributed by atoms with Crippen LogP contribution >= 0.6 is 0 Å². The largest absolute Gasteiger partial charge is 0.396 e. The standard InChI is InChI=1S/C9H18O3/c1-8(5-11-2)9(6-10)3-4-12-7-9/h8,10H,3-7H2,1-2H3. The Balaban J connectivity index is 2.52. The third kappa shape index (κ3) is 1.79. The van der Waals surface area contributed by atoms with Crippen LogP contribution < -0.4 is 0 Å². The Morgan fingerprint density at radius 1 is 1.67 bits per heavy atom. The molecule has 1 fully saturated rings. The smallest absolute Gasteiger partial charge is 0.0548 e. The van der Waals surface area contributed by atoms with E-state index in [4.69, 9.17) is 9.47 Å². The number of aliphatic hydroxyl groups is 1. The molecule has 3 nitrogen and oxygen atoms in total. The summed E-state index contributed by atoms with van der Waals surface area (Å²) in [4.78, 5) is 0. The summed E-state index contributed by atoms with van der Waals surface area (Å²) >= 11 is 0. The van der Waals surface area contributed by atoms with Gasteiger partial charge in [-0.3, -0.25) is 0 Å². The third-order valence-corrected chi connectivity index (χ3v) is 2.91. The van der Waals surface area contributed by atoms with Crippen LogP contribution in [0.3, 0.4) is 0 Å². The van der Waals surface area contributed by atoms with Crippen molar-refractivity contribution in [2.75, 3.05) is 33.5 Å². The van der Waals surface area contributed by atoms with Crippen molar-refractivity contribution in [3.63, 3.8) is 0 Å². The summed E-state index contributed by atoms with van der Waals surface area (Å²) in [6, 6.07) is 0. The topological polar surface area (TPSA) is 38.7 Å². The average Bonchev–Trinajstić information content (AvgIpc) is 2.54. The molecule has 1 aliphatic rings. The van der Waals surface area contributed by atoms with Crippen LogP contribution in [0.5, 0.6) is 0 Å². The molecule has 0 aliphatic carbocycles. The number of aliphatic hydroxyl groups excluding tert-OH is 1. The summed E-state index contributed by atoms with van der Waals surface area (Å²) in [5, 5.41) is 9.28. The number of hydrogen-bond donors (Lipinski definition) is 1. The van der Waals surface area contributed by atoms with E-state index in [1.807, 2.05) is 0 Å². The molecule has 1 saturated heterocycles. The molecule has 3 heteroatoms. The zero-order valence-corrected chi connectivity index (χ0v) is 7.88. The van der Waals surface area contributed by atoms with Gasteiger partial charge in [-0.25, -0.2) is 0 Å². The van der Waals surface area contributed by atoms with E-state index in [0.717, 1.165) is 13.0 Å². The first-order valence-corrected chi connectivity index (χ1v) is 4.43. The third-order valence-electron chi connectivity index (χ3n) is 2.91. The van der Waals surface area contributed by atoms with Crippen molar-refractivity contribution in [2.24, 2.45) is 11.3 Å². The lowest BCUT2D eigenvalue weighted by Gasteiger charge is -2.31. The summed E-state index contributed by atoms with van der Waals surface area (Å²) < 4.78 is 10.4. The molecular formula is C9H18O3. The van der Waals surface area contributed by atoms with Gasteiger partial charge in [-0.2, -0.15) is 0 Å². The van der Waals surface area contributed by atoms with Gasteiger partial charge in [0.15, 0.2) is 0 Å². The molecule has 0 aromatic heterocycles. The van der Waals surface area contributed by atoms with E-state index >= 15 is 0 Å². The molecular weight excluding hydrogens is 156 g/mol. The van der Waals surface area contributed by atoms with Crippen LogP contribution in [0, 0.1) is 11.3 Å². The van der Waals surface area contributed by atoms with Gasteiger partial charge in [-0.15, -0.1) is 0 Å². The fourth-order valence-corrected chi connectivity index (χ4v) is 1.72. The molecule has 0 aromatic rings. The van der Waals surface area contributed by atoms with Crippen LogP contribution in [0.15, 0.2) is 0 Å². The molecule has 0 radical (unpaired) electrons. The first kappa shape index (κ1) is 9.96. The second-order valence-corrected chi connectivity index (χ2v) is 3.68. The van der Waals surface area contributed by atoms with Gasteiger partial charge in [0, 0.05) is 25.7 Å². The first-order valence-electron chi connectivity index (χ1n) is 4.43. The van der Waals surface area contributed by atoms with E-state index in [1.54, 1.807) is 7.11 Å². The quantitative estimate of drug-likeness (QED) is 0.680. The molecule has 0 bridgehead atoms. The Labute approximate surface area is 73.7 Å². The lowest BCUT2D eigenvalue weighted by Crippen LogP contribution is -2.35. The van der Waals surface area contributed by atoms with Gasteiger partial charge in [0.25, 0.3) is 0 Å². The highest BCUT2D eigenvalue weighted by Crippen LogP contribution is 2.36. The van der Waals surface area contributed by atoms with Crippen LogP contribution in [0.4, 0.5) is 0 Å². The van der Waals surface area contributed by atoms with E-state index in [0.29, 0.717) is 19.1 Å². The Morgan fingerprint density at radius 2 is 2.42 bits per heavy atom. The normalized spacial score (nSPS) is 32.2. The Morgan fingerprint density at radius 3 is 2.83 bits per heavy atom. The highest BCUT2D eigenvalue weighted by atomic mass is 16.5. The summed E-state index contributed by atoms with van der Waals surface area (Å²) in [5.41, 5.74) is -0.0456. The maximum absolute atomic E-state index is 9.28. The molecule has 1 N–H and O–H groups in total. The lowest BCUT2D eigenvalue weighted by molar-refractivity contribution is 0.0132. The van der Waals surface area contributed by atoms with Gasteiger partial charge in [-0.05, 0) is 12.3 Å². The summed E-state index contributed by atoms with van der Waals surface area (Å²) in [7, 11) is 1.69. The van der Waals surface area contributed by atoms with Crippen molar-refractivity contribution in [3.05, 3.63) is 0 Å². The Kier molecular flexibility index (Phi) is 3.50. The van der Waals surface area contributed by atoms with Crippen molar-refractivity contribution < 1.29 is 14.6 Å². The monoisotopic (exact) mass is 174 g/mol. The molecule has 1 heterocycles. The van der Waals surface area contributed by atoms with Crippen molar-refractivity contribution in [3.8, 4) is 0 Å². The maximum Gasteiger partial charge on any atom is 0.0548 e. The van der Waals surface area contributed by atoms with E-state index in [-0.39, 0.29) is 12.0 Å². The van der Waals surface area contributed by atoms with Crippen LogP contribution in [-0.4, -0.2) is 38.6 Å². The van der Waals surface area contributed by atoms with Crippen LogP contribution in [0.25, 0.3) is 0 Å². The van der Waals surface area contributed by atoms with Crippen LogP contribution in [0.2, 0.25) is 0 Å². The molecule has 1 aliphatic heterocycles. The van der Waals surface area contributed by atoms with Gasteiger partial charge >= 0.3 is 0 Å². The maximum atomic E-state index is 9.28. The molecule has 0 aromatic carbocycles. The number of hydrogen-bond acceptors (Lipinski definition) is 3. The fourth-order valence-electron chi connectivity index (χ4n) is 1.72. The molecule has 0 saturated carbocycles. The lowest BCUT2D eigenvalue weighted by atomic mass is 9.77. The molecule has 1 rings (SSSR count). The minimum atomic E-state index is -0.0456. The Bertz CT molecular complexity index is 130. The number of rotatable bonds is 4. The average molecular weight is 174 g/mol. The zero-order chi connectivity index (χ0) is 9.03. The van der Waals surface area contributed by atoms with Crippen LogP contribution in [-0.2, 0) is 9.47 Å². The predicted molar refractivity (Wildman–Crippen MR) is 46.0 cm³/mol. The summed E-state index contributed by atoms with van der Waals surface area (Å²) in [6.07, 6.45) is 0.952. The molecule has 2 atom stereocenters. The van der Waals surface area contributed by atoms with Crippen LogP contribution in [0.1, 0.15) is 13.3 Å². The molecule has 72 valence electrons. The number of ether oxygens (including phenoxy) is 2. The molecule has 2 unspecified atom stereocenters. The van der Waals surface area contributed by atoms with Gasteiger partial charge in [0.1, 0.15) is 0 Å².